The average molecular weight is 1340 g/mol. The van der Waals surface area contributed by atoms with E-state index >= 15 is 0 Å². The number of ketones is 2. The minimum absolute atomic E-state index is 0.00801. The average Bonchev–Trinajstić information content (AvgIpc) is 0.931. The number of urea groups is 1. The Morgan fingerprint density at radius 2 is 1.20 bits per heavy atom. The fraction of sp³-hybridized carbons (Fsp3) is 0.629. The number of hydrogen-bond donors (Lipinski definition) is 4. The van der Waals surface area contributed by atoms with Crippen LogP contribution in [0.1, 0.15) is 196 Å². The van der Waals surface area contributed by atoms with E-state index in [1.807, 2.05) is 91.8 Å². The predicted molar refractivity (Wildman–Crippen MR) is 364 cm³/mol. The Morgan fingerprint density at radius 1 is 0.621 bits per heavy atom. The van der Waals surface area contributed by atoms with Crippen LogP contribution in [0, 0.1) is 5.41 Å². The Kier molecular flexibility index (Phi) is 37.4. The minimum atomic E-state index is -1.21. The largest absolute Gasteiger partial charge is 0.373 e. The van der Waals surface area contributed by atoms with Crippen LogP contribution in [0.2, 0.25) is 0 Å². The Bertz CT molecular complexity index is 2990. The van der Waals surface area contributed by atoms with Crippen molar-refractivity contribution >= 4 is 73.4 Å². The molecule has 23 nitrogen and oxygen atoms in total. The number of Topliss-reactive ketones (excluding diaryl/α,β-unsaturated/α-hetero) is 2. The van der Waals surface area contributed by atoms with Gasteiger partial charge >= 0.3 is 257 Å². The number of amides is 4. The number of aromatic nitrogens is 1. The molecule has 0 saturated heterocycles. The first kappa shape index (κ1) is 83.8. The van der Waals surface area contributed by atoms with Crippen molar-refractivity contribution in [2.24, 2.45) is 5.41 Å². The zero-order chi connectivity index (χ0) is 71.5. The van der Waals surface area contributed by atoms with E-state index in [1.165, 1.54) is 13.8 Å². The van der Waals surface area contributed by atoms with Gasteiger partial charge in [0.2, 0.25) is 11.8 Å². The molecule has 0 bridgehead atoms. The van der Waals surface area contributed by atoms with E-state index < -0.39 is 54.6 Å². The maximum absolute atomic E-state index is 13.5. The van der Waals surface area contributed by atoms with E-state index in [4.69, 9.17) is 38.3 Å². The number of benzene rings is 2. The van der Waals surface area contributed by atoms with Gasteiger partial charge in [0.05, 0.1) is 7.11 Å². The maximum Gasteiger partial charge on any atom is 0.373 e. The number of hydrogen-bond acceptors (Lipinski definition) is 19. The summed E-state index contributed by atoms with van der Waals surface area (Å²) < 4.78 is 40.7. The topological polar surface area (TPSA) is 301 Å². The van der Waals surface area contributed by atoms with Crippen molar-refractivity contribution in [3.8, 4) is 11.5 Å². The summed E-state index contributed by atoms with van der Waals surface area (Å²) in [6.45, 7) is 30.1. The van der Waals surface area contributed by atoms with E-state index in [0.29, 0.717) is 101 Å². The third-order valence-corrected chi connectivity index (χ3v) is 15.8. The summed E-state index contributed by atoms with van der Waals surface area (Å²) in [4.78, 5) is 128. The first-order valence-electron chi connectivity index (χ1n) is 32.7. The molecule has 1 aromatic heterocycles. The van der Waals surface area contributed by atoms with E-state index in [-0.39, 0.29) is 86.5 Å². The molecule has 4 N–H and O–H groups in total. The van der Waals surface area contributed by atoms with Crippen LogP contribution in [-0.2, 0) is 94.6 Å². The molecule has 1 unspecified atom stereocenters. The molecular weight excluding hydrogens is 1240 g/mol. The molecule has 0 radical (unpaired) electrons. The molecule has 0 aliphatic heterocycles. The summed E-state index contributed by atoms with van der Waals surface area (Å²) in [7, 11) is 0.392. The van der Waals surface area contributed by atoms with Gasteiger partial charge in [0, 0.05) is 38.4 Å². The van der Waals surface area contributed by atoms with Gasteiger partial charge in [-0.3, -0.25) is 14.4 Å². The molecule has 3 atom stereocenters. The van der Waals surface area contributed by atoms with Crippen LogP contribution in [0.5, 0.6) is 11.5 Å². The van der Waals surface area contributed by atoms with Crippen LogP contribution in [-0.4, -0.2) is 157 Å². The molecule has 0 spiro atoms. The summed E-state index contributed by atoms with van der Waals surface area (Å²) in [6, 6.07) is 15.3. The molecule has 0 aliphatic carbocycles. The molecule has 0 fully saturated rings. The molecule has 25 heteroatoms. The second-order valence-electron chi connectivity index (χ2n) is 27.8. The quantitative estimate of drug-likeness (QED) is 0.0136. The van der Waals surface area contributed by atoms with Gasteiger partial charge in [-0.1, -0.05) is 45.4 Å². The Hall–Kier alpha value is -7.26. The van der Waals surface area contributed by atoms with Gasteiger partial charge in [-0.2, -0.15) is 9.59 Å². The number of pyridine rings is 1. The van der Waals surface area contributed by atoms with Crippen molar-refractivity contribution in [2.75, 3.05) is 53.0 Å². The number of aryl methyl sites for hydroxylation is 2. The Balaban J connectivity index is 0.0000100. The fourth-order valence-electron chi connectivity index (χ4n) is 9.75. The molecule has 4 amide bonds. The van der Waals surface area contributed by atoms with Crippen molar-refractivity contribution in [3.63, 3.8) is 0 Å². The molecule has 526 valence electrons. The number of carbonyl (C=O) groups excluding carboxylic acids is 10. The smallest absolute Gasteiger partial charge is 0.186 e. The number of esters is 3. The minimum Gasteiger partial charge on any atom is -0.186 e. The summed E-state index contributed by atoms with van der Waals surface area (Å²) >= 11 is 0. The SMILES string of the molecule is COc1ccc(COc2ccc(CCC(=O)NCCCCCC(=O)NCCCC[C@H](NC(=O)N[C@@H](CCC(=O)OC(C)(C)C)C(=O)OC(C)(C)C)C(C)(C)C)cc2CN(CCN(CC(=O)OC(C)(C)C)Cc2nc(CCC(C)=O)ccc2P(C)B=O)CC(C)=O)cc1.O=C=O. The number of nitrogens with zero attached hydrogens (tertiary/aromatic N) is 3. The Morgan fingerprint density at radius 3 is 1.77 bits per heavy atom. The van der Waals surface area contributed by atoms with E-state index in [0.717, 1.165) is 47.5 Å². The molecular formula is C70H107BN7O16P. The molecule has 3 aromatic rings. The molecule has 0 aliphatic rings. The number of ether oxygens (including phenoxy) is 5. The van der Waals surface area contributed by atoms with Crippen LogP contribution >= 0.6 is 7.80 Å². The van der Waals surface area contributed by atoms with Gasteiger partial charge in [0.25, 0.3) is 0 Å². The van der Waals surface area contributed by atoms with Gasteiger partial charge in [-0.15, -0.1) is 0 Å². The zero-order valence-corrected chi connectivity index (χ0v) is 60.2. The van der Waals surface area contributed by atoms with Gasteiger partial charge in [0.1, 0.15) is 29.6 Å². The van der Waals surface area contributed by atoms with Gasteiger partial charge in [-0.05, 0) is 110 Å². The second-order valence-corrected chi connectivity index (χ2v) is 29.7. The molecule has 1 heterocycles. The molecule has 0 saturated carbocycles. The van der Waals surface area contributed by atoms with Crippen LogP contribution in [0.3, 0.4) is 0 Å². The third-order valence-electron chi connectivity index (χ3n) is 14.4. The normalized spacial score (nSPS) is 12.5. The van der Waals surface area contributed by atoms with Crippen molar-refractivity contribution < 1.29 is 76.3 Å². The second kappa shape index (κ2) is 42.3. The zero-order valence-electron chi connectivity index (χ0n) is 59.3. The summed E-state index contributed by atoms with van der Waals surface area (Å²) in [6.07, 6.45) is 6.07. The van der Waals surface area contributed by atoms with Crippen molar-refractivity contribution in [1.29, 1.82) is 0 Å². The number of carbonyl (C=O) groups is 8. The van der Waals surface area contributed by atoms with Gasteiger partial charge in [0.15, 0.2) is 0 Å². The van der Waals surface area contributed by atoms with Crippen molar-refractivity contribution in [3.05, 3.63) is 82.7 Å². The maximum atomic E-state index is 13.5. The first-order chi connectivity index (χ1) is 44.4. The number of rotatable bonds is 40. The van der Waals surface area contributed by atoms with E-state index in [1.54, 1.807) is 69.4 Å². The number of methoxy groups -OCH3 is 1. The van der Waals surface area contributed by atoms with Crippen LogP contribution in [0.15, 0.2) is 54.6 Å². The number of unbranched alkanes of at least 4 members (excludes halogenated alkanes) is 3. The van der Waals surface area contributed by atoms with Gasteiger partial charge < -0.3 is 35.5 Å². The standard InChI is InChI=1S/C69H107BN7O14P.CO2/c1-48(78)24-29-53-30-35-58(92(16)70-86)56(73-53)45-77(46-63(83)90-68(9,10)11)41-40-76(43-49(2)79)44-52-42-50(27-34-57(52)88-47-51-25-31-54(87-15)32-26-51)28-36-61(81)72-38-20-17-18-23-60(80)71-39-21-19-22-59(66(3,4)5)75-65(85)74-55(64(84)91-69(12,13)14)33-37-62(82)89-67(6,7)8;2-1-3/h25-27,30-32,34-35,42,55,59H,17-24,28-29,33,36-41,43-47H2,1-16H3,(H,71,80)(H,72,81)(H2,74,75,85);/t55-,59-,92?;/m0./s1. The van der Waals surface area contributed by atoms with Crippen molar-refractivity contribution in [1.82, 2.24) is 36.1 Å². The van der Waals surface area contributed by atoms with E-state index in [9.17, 15) is 43.1 Å². The fourth-order valence-corrected chi connectivity index (χ4v) is 10.7. The predicted octanol–water partition coefficient (Wildman–Crippen LogP) is 8.99. The summed E-state index contributed by atoms with van der Waals surface area (Å²) in [5, 5.41) is 12.5. The summed E-state index contributed by atoms with van der Waals surface area (Å²) in [5.41, 5.74) is 1.40. The van der Waals surface area contributed by atoms with Crippen LogP contribution < -0.4 is 36.0 Å². The van der Waals surface area contributed by atoms with Gasteiger partial charge in [-0.25, -0.2) is 9.59 Å². The first-order valence-corrected chi connectivity index (χ1v) is 34.5. The molecule has 95 heavy (non-hydrogen) atoms. The summed E-state index contributed by atoms with van der Waals surface area (Å²) in [5.74, 6) is -0.444. The monoisotopic (exact) mass is 1340 g/mol. The molecule has 2 aromatic carbocycles. The number of nitrogens with one attached hydrogen (secondary N) is 4. The van der Waals surface area contributed by atoms with Crippen LogP contribution in [0.4, 0.5) is 4.79 Å². The van der Waals surface area contributed by atoms with Crippen LogP contribution in [0.25, 0.3) is 0 Å². The van der Waals surface area contributed by atoms with E-state index in [2.05, 4.69) is 21.3 Å². The Labute approximate surface area is 565 Å². The van der Waals surface area contributed by atoms with Crippen molar-refractivity contribution in [2.45, 2.75) is 229 Å². The molecule has 3 rings (SSSR count). The third kappa shape index (κ3) is 38.2.